The molecule has 1 aromatic heterocycles. The average molecular weight is 224 g/mol. The Morgan fingerprint density at radius 2 is 1.65 bits per heavy atom. The molecular weight excluding hydrogens is 208 g/mol. The van der Waals surface area contributed by atoms with Crippen molar-refractivity contribution in [3.05, 3.63) is 66.5 Å². The minimum absolute atomic E-state index is 0.983. The van der Waals surface area contributed by atoms with E-state index in [1.54, 1.807) is 12.4 Å². The molecule has 0 aliphatic rings. The van der Waals surface area contributed by atoms with Gasteiger partial charge in [0.05, 0.1) is 0 Å². The van der Waals surface area contributed by atoms with Gasteiger partial charge in [-0.25, -0.2) is 0 Å². The van der Waals surface area contributed by atoms with Gasteiger partial charge in [0, 0.05) is 30.8 Å². The number of hydrogen-bond donors (Lipinski definition) is 0. The zero-order valence-electron chi connectivity index (χ0n) is 10.2. The third-order valence-electron chi connectivity index (χ3n) is 2.84. The Bertz CT molecular complexity index is 500. The van der Waals surface area contributed by atoms with Crippen LogP contribution in [0.3, 0.4) is 0 Å². The maximum atomic E-state index is 4.14. The van der Waals surface area contributed by atoms with Crippen LogP contribution in [0.25, 0.3) is 5.70 Å². The summed E-state index contributed by atoms with van der Waals surface area (Å²) in [6, 6.07) is 12.3. The lowest BCUT2D eigenvalue weighted by atomic mass is 10.1. The zero-order valence-corrected chi connectivity index (χ0v) is 10.2. The summed E-state index contributed by atoms with van der Waals surface area (Å²) in [5.41, 5.74) is 4.46. The SMILES string of the molecule is C=C(c1ccc(C)cc1)N(C)c1ccncc1. The molecule has 0 aliphatic carbocycles. The fourth-order valence-corrected chi connectivity index (χ4v) is 1.66. The van der Waals surface area contributed by atoms with Gasteiger partial charge in [0.25, 0.3) is 0 Å². The lowest BCUT2D eigenvalue weighted by Gasteiger charge is -2.21. The monoisotopic (exact) mass is 224 g/mol. The minimum Gasteiger partial charge on any atom is -0.345 e. The summed E-state index contributed by atoms with van der Waals surface area (Å²) >= 11 is 0. The summed E-state index contributed by atoms with van der Waals surface area (Å²) in [7, 11) is 2.01. The number of aryl methyl sites for hydroxylation is 1. The molecule has 1 aromatic carbocycles. The number of nitrogens with zero attached hydrogens (tertiary/aromatic N) is 2. The standard InChI is InChI=1S/C15H16N2/c1-12-4-6-14(7-5-12)13(2)17(3)15-8-10-16-11-9-15/h4-11H,2H2,1,3H3. The lowest BCUT2D eigenvalue weighted by Crippen LogP contribution is -2.14. The van der Waals surface area contributed by atoms with E-state index < -0.39 is 0 Å². The van der Waals surface area contributed by atoms with Gasteiger partial charge in [0.2, 0.25) is 0 Å². The molecule has 0 unspecified atom stereocenters. The fourth-order valence-electron chi connectivity index (χ4n) is 1.66. The number of pyridine rings is 1. The van der Waals surface area contributed by atoms with Gasteiger partial charge in [0.1, 0.15) is 0 Å². The second-order valence-corrected chi connectivity index (χ2v) is 4.08. The van der Waals surface area contributed by atoms with E-state index in [0.29, 0.717) is 0 Å². The van der Waals surface area contributed by atoms with Crippen LogP contribution < -0.4 is 4.90 Å². The van der Waals surface area contributed by atoms with E-state index >= 15 is 0 Å². The highest BCUT2D eigenvalue weighted by Gasteiger charge is 2.06. The van der Waals surface area contributed by atoms with Crippen LogP contribution in [0.1, 0.15) is 11.1 Å². The van der Waals surface area contributed by atoms with Crippen molar-refractivity contribution in [3.63, 3.8) is 0 Å². The molecule has 0 N–H and O–H groups in total. The number of rotatable bonds is 3. The van der Waals surface area contributed by atoms with Gasteiger partial charge >= 0.3 is 0 Å². The Kier molecular flexibility index (Phi) is 3.24. The van der Waals surface area contributed by atoms with Crippen LogP contribution >= 0.6 is 0 Å². The Morgan fingerprint density at radius 1 is 1.06 bits per heavy atom. The predicted molar refractivity (Wildman–Crippen MR) is 72.9 cm³/mol. The predicted octanol–water partition coefficient (Wildman–Crippen LogP) is 3.50. The second kappa shape index (κ2) is 4.83. The van der Waals surface area contributed by atoms with E-state index in [4.69, 9.17) is 0 Å². The van der Waals surface area contributed by atoms with E-state index in [-0.39, 0.29) is 0 Å². The van der Waals surface area contributed by atoms with Crippen LogP contribution in [0.2, 0.25) is 0 Å². The topological polar surface area (TPSA) is 16.1 Å². The van der Waals surface area contributed by atoms with Crippen molar-refractivity contribution in [1.82, 2.24) is 4.98 Å². The van der Waals surface area contributed by atoms with Crippen LogP contribution in [0, 0.1) is 6.92 Å². The molecule has 0 atom stereocenters. The van der Waals surface area contributed by atoms with E-state index in [2.05, 4.69) is 47.7 Å². The summed E-state index contributed by atoms with van der Waals surface area (Å²) in [6.07, 6.45) is 3.57. The molecule has 0 radical (unpaired) electrons. The molecule has 0 amide bonds. The summed E-state index contributed by atoms with van der Waals surface area (Å²) in [4.78, 5) is 6.08. The first-order valence-corrected chi connectivity index (χ1v) is 5.58. The van der Waals surface area contributed by atoms with Crippen molar-refractivity contribution >= 4 is 11.4 Å². The molecular formula is C15H16N2. The van der Waals surface area contributed by atoms with Crippen LogP contribution in [0.15, 0.2) is 55.4 Å². The van der Waals surface area contributed by atoms with Crippen LogP contribution in [0.4, 0.5) is 5.69 Å². The zero-order chi connectivity index (χ0) is 12.3. The first-order valence-electron chi connectivity index (χ1n) is 5.58. The molecule has 2 nitrogen and oxygen atoms in total. The van der Waals surface area contributed by atoms with Crippen molar-refractivity contribution < 1.29 is 0 Å². The highest BCUT2D eigenvalue weighted by molar-refractivity contribution is 5.77. The van der Waals surface area contributed by atoms with Gasteiger partial charge in [0.15, 0.2) is 0 Å². The van der Waals surface area contributed by atoms with Gasteiger partial charge in [-0.1, -0.05) is 36.4 Å². The molecule has 2 rings (SSSR count). The number of aromatic nitrogens is 1. The second-order valence-electron chi connectivity index (χ2n) is 4.08. The molecule has 0 aliphatic heterocycles. The maximum absolute atomic E-state index is 4.14. The first kappa shape index (κ1) is 11.4. The molecule has 86 valence electrons. The Labute approximate surface area is 102 Å². The highest BCUT2D eigenvalue weighted by atomic mass is 15.1. The third kappa shape index (κ3) is 2.53. The molecule has 17 heavy (non-hydrogen) atoms. The third-order valence-corrected chi connectivity index (χ3v) is 2.84. The molecule has 0 spiro atoms. The van der Waals surface area contributed by atoms with Crippen molar-refractivity contribution in [2.24, 2.45) is 0 Å². The van der Waals surface area contributed by atoms with Crippen molar-refractivity contribution in [2.75, 3.05) is 11.9 Å². The van der Waals surface area contributed by atoms with E-state index in [0.717, 1.165) is 16.9 Å². The first-order chi connectivity index (χ1) is 8.18. The van der Waals surface area contributed by atoms with Crippen molar-refractivity contribution in [3.8, 4) is 0 Å². The van der Waals surface area contributed by atoms with Gasteiger partial charge < -0.3 is 4.90 Å². The summed E-state index contributed by atoms with van der Waals surface area (Å²) in [5, 5.41) is 0. The van der Waals surface area contributed by atoms with Gasteiger partial charge in [-0.05, 0) is 24.6 Å². The van der Waals surface area contributed by atoms with Crippen molar-refractivity contribution in [2.45, 2.75) is 6.92 Å². The minimum atomic E-state index is 0.983. The molecule has 0 fully saturated rings. The number of hydrogen-bond acceptors (Lipinski definition) is 2. The smallest absolute Gasteiger partial charge is 0.0438 e. The van der Waals surface area contributed by atoms with E-state index in [1.807, 2.05) is 19.2 Å². The fraction of sp³-hybridized carbons (Fsp3) is 0.133. The quantitative estimate of drug-likeness (QED) is 0.793. The van der Waals surface area contributed by atoms with Crippen LogP contribution in [0.5, 0.6) is 0 Å². The molecule has 1 heterocycles. The highest BCUT2D eigenvalue weighted by Crippen LogP contribution is 2.22. The van der Waals surface area contributed by atoms with E-state index in [1.165, 1.54) is 5.56 Å². The van der Waals surface area contributed by atoms with Gasteiger partial charge in [-0.3, -0.25) is 4.98 Å². The summed E-state index contributed by atoms with van der Waals surface area (Å²) in [6.45, 7) is 6.22. The molecule has 2 heteroatoms. The normalized spacial score (nSPS) is 10.0. The Morgan fingerprint density at radius 3 is 2.24 bits per heavy atom. The largest absolute Gasteiger partial charge is 0.345 e. The van der Waals surface area contributed by atoms with Crippen LogP contribution in [-0.2, 0) is 0 Å². The molecule has 0 saturated carbocycles. The molecule has 2 aromatic rings. The Balaban J connectivity index is 2.23. The van der Waals surface area contributed by atoms with Gasteiger partial charge in [-0.15, -0.1) is 0 Å². The maximum Gasteiger partial charge on any atom is 0.0438 e. The number of benzene rings is 1. The summed E-state index contributed by atoms with van der Waals surface area (Å²) in [5.74, 6) is 0. The van der Waals surface area contributed by atoms with Gasteiger partial charge in [-0.2, -0.15) is 0 Å². The van der Waals surface area contributed by atoms with Crippen molar-refractivity contribution in [1.29, 1.82) is 0 Å². The Hall–Kier alpha value is -2.09. The lowest BCUT2D eigenvalue weighted by molar-refractivity contribution is 1.20. The van der Waals surface area contributed by atoms with E-state index in [9.17, 15) is 0 Å². The number of anilines is 1. The molecule has 0 bridgehead atoms. The molecule has 0 saturated heterocycles. The summed E-state index contributed by atoms with van der Waals surface area (Å²) < 4.78 is 0. The average Bonchev–Trinajstić information content (AvgIpc) is 2.39. The van der Waals surface area contributed by atoms with Crippen LogP contribution in [-0.4, -0.2) is 12.0 Å².